The highest BCUT2D eigenvalue weighted by Crippen LogP contribution is 2.15. The van der Waals surface area contributed by atoms with Crippen molar-refractivity contribution in [2.75, 3.05) is 5.32 Å². The monoisotopic (exact) mass is 381 g/mol. The summed E-state index contributed by atoms with van der Waals surface area (Å²) in [5.74, 6) is 0.359. The molecule has 0 saturated heterocycles. The summed E-state index contributed by atoms with van der Waals surface area (Å²) in [7, 11) is 0. The van der Waals surface area contributed by atoms with Crippen molar-refractivity contribution in [1.29, 1.82) is 0 Å². The predicted molar refractivity (Wildman–Crippen MR) is 85.3 cm³/mol. The lowest BCUT2D eigenvalue weighted by atomic mass is 10.1. The van der Waals surface area contributed by atoms with Crippen LogP contribution in [0, 0.1) is 3.57 Å². The third-order valence-corrected chi connectivity index (χ3v) is 3.21. The van der Waals surface area contributed by atoms with Gasteiger partial charge in [-0.2, -0.15) is 0 Å². The van der Waals surface area contributed by atoms with Crippen molar-refractivity contribution in [3.05, 3.63) is 57.7 Å². The van der Waals surface area contributed by atoms with E-state index in [0.29, 0.717) is 17.0 Å². The van der Waals surface area contributed by atoms with E-state index in [-0.39, 0.29) is 5.78 Å². The second-order valence-electron chi connectivity index (χ2n) is 4.11. The third kappa shape index (κ3) is 4.06. The van der Waals surface area contributed by atoms with Crippen LogP contribution in [0.15, 0.2) is 48.5 Å². The summed E-state index contributed by atoms with van der Waals surface area (Å²) in [5.41, 5.74) is 1.25. The first-order valence-electron chi connectivity index (χ1n) is 5.90. The molecule has 1 amide bonds. The van der Waals surface area contributed by atoms with Gasteiger partial charge in [0.15, 0.2) is 5.78 Å². The Kier molecular flexibility index (Phi) is 4.73. The lowest BCUT2D eigenvalue weighted by Gasteiger charge is -2.07. The van der Waals surface area contributed by atoms with Gasteiger partial charge in [-0.05, 0) is 72.0 Å². The molecule has 0 saturated carbocycles. The van der Waals surface area contributed by atoms with E-state index in [9.17, 15) is 9.59 Å². The molecule has 2 aromatic carbocycles. The number of nitrogens with one attached hydrogen (secondary N) is 1. The number of Topliss-reactive ketones (excluding diaryl/α,β-unsaturated/α-hetero) is 1. The molecule has 0 aliphatic carbocycles. The Hall–Kier alpha value is -1.89. The zero-order valence-corrected chi connectivity index (χ0v) is 12.9. The molecule has 0 bridgehead atoms. The normalized spacial score (nSPS) is 9.90. The smallest absolute Gasteiger partial charge is 0.410 e. The van der Waals surface area contributed by atoms with Crippen LogP contribution in [-0.4, -0.2) is 11.9 Å². The molecule has 0 heterocycles. The number of halogens is 1. The zero-order chi connectivity index (χ0) is 14.5. The van der Waals surface area contributed by atoms with E-state index in [4.69, 9.17) is 4.74 Å². The molecule has 0 fully saturated rings. The minimum atomic E-state index is -0.567. The van der Waals surface area contributed by atoms with Gasteiger partial charge in [-0.3, -0.25) is 10.1 Å². The van der Waals surface area contributed by atoms with Crippen LogP contribution in [0.2, 0.25) is 0 Å². The summed E-state index contributed by atoms with van der Waals surface area (Å²) >= 11 is 2.16. The van der Waals surface area contributed by atoms with Crippen molar-refractivity contribution in [3.8, 4) is 5.75 Å². The molecule has 0 unspecified atom stereocenters. The summed E-state index contributed by atoms with van der Waals surface area (Å²) in [4.78, 5) is 22.8. The maximum atomic E-state index is 11.7. The van der Waals surface area contributed by atoms with Crippen LogP contribution in [0.4, 0.5) is 10.5 Å². The van der Waals surface area contributed by atoms with Gasteiger partial charge in [0.05, 0.1) is 0 Å². The number of rotatable bonds is 3. The highest BCUT2D eigenvalue weighted by molar-refractivity contribution is 14.1. The van der Waals surface area contributed by atoms with Gasteiger partial charge in [0, 0.05) is 14.8 Å². The van der Waals surface area contributed by atoms with E-state index in [1.165, 1.54) is 6.92 Å². The number of hydrogen-bond donors (Lipinski definition) is 1. The summed E-state index contributed by atoms with van der Waals surface area (Å²) in [6, 6.07) is 13.8. The maximum absolute atomic E-state index is 11.7. The van der Waals surface area contributed by atoms with Gasteiger partial charge in [0.1, 0.15) is 5.75 Å². The second-order valence-corrected chi connectivity index (χ2v) is 5.35. The second kappa shape index (κ2) is 6.51. The Morgan fingerprint density at radius 1 is 1.10 bits per heavy atom. The molecule has 20 heavy (non-hydrogen) atoms. The molecule has 2 aromatic rings. The fraction of sp³-hybridized carbons (Fsp3) is 0.0667. The standard InChI is InChI=1S/C15H12INO3/c1-10(18)11-5-7-14(8-6-11)20-15(19)17-13-4-2-3-12(16)9-13/h2-9H,1H3,(H,17,19). The van der Waals surface area contributed by atoms with Crippen LogP contribution in [0.1, 0.15) is 17.3 Å². The number of benzene rings is 2. The highest BCUT2D eigenvalue weighted by Gasteiger charge is 2.06. The number of carbonyl (C=O) groups excluding carboxylic acids is 2. The van der Waals surface area contributed by atoms with E-state index in [0.717, 1.165) is 3.57 Å². The topological polar surface area (TPSA) is 55.4 Å². The minimum absolute atomic E-state index is 0.0279. The van der Waals surface area contributed by atoms with Crippen molar-refractivity contribution in [2.45, 2.75) is 6.92 Å². The summed E-state index contributed by atoms with van der Waals surface area (Å²) in [6.45, 7) is 1.49. The lowest BCUT2D eigenvalue weighted by Crippen LogP contribution is -2.16. The molecule has 0 aliphatic heterocycles. The average Bonchev–Trinajstić information content (AvgIpc) is 2.39. The predicted octanol–water partition coefficient (Wildman–Crippen LogP) is 4.10. The van der Waals surface area contributed by atoms with Crippen molar-refractivity contribution in [1.82, 2.24) is 0 Å². The van der Waals surface area contributed by atoms with Crippen molar-refractivity contribution in [2.24, 2.45) is 0 Å². The number of amides is 1. The molecular formula is C15H12INO3. The molecule has 102 valence electrons. The molecule has 0 aromatic heterocycles. The van der Waals surface area contributed by atoms with E-state index >= 15 is 0 Å². The van der Waals surface area contributed by atoms with Gasteiger partial charge in [0.25, 0.3) is 0 Å². The largest absolute Gasteiger partial charge is 0.417 e. The molecule has 1 N–H and O–H groups in total. The number of ketones is 1. The quantitative estimate of drug-likeness (QED) is 0.643. The van der Waals surface area contributed by atoms with Crippen LogP contribution in [-0.2, 0) is 0 Å². The van der Waals surface area contributed by atoms with E-state index in [1.807, 2.05) is 18.2 Å². The highest BCUT2D eigenvalue weighted by atomic mass is 127. The molecule has 0 atom stereocenters. The Morgan fingerprint density at radius 3 is 2.40 bits per heavy atom. The van der Waals surface area contributed by atoms with Crippen LogP contribution in [0.25, 0.3) is 0 Å². The molecular weight excluding hydrogens is 369 g/mol. The fourth-order valence-electron chi connectivity index (χ4n) is 1.57. The van der Waals surface area contributed by atoms with E-state index < -0.39 is 6.09 Å². The first-order chi connectivity index (χ1) is 9.54. The first-order valence-corrected chi connectivity index (χ1v) is 6.98. The van der Waals surface area contributed by atoms with E-state index in [1.54, 1.807) is 30.3 Å². The van der Waals surface area contributed by atoms with E-state index in [2.05, 4.69) is 27.9 Å². The molecule has 4 nitrogen and oxygen atoms in total. The Balaban J connectivity index is 1.99. The SMILES string of the molecule is CC(=O)c1ccc(OC(=O)Nc2cccc(I)c2)cc1. The summed E-state index contributed by atoms with van der Waals surface area (Å²) in [6.07, 6.45) is -0.567. The fourth-order valence-corrected chi connectivity index (χ4v) is 2.12. The lowest BCUT2D eigenvalue weighted by molar-refractivity contribution is 0.101. The van der Waals surface area contributed by atoms with Gasteiger partial charge < -0.3 is 4.74 Å². The Morgan fingerprint density at radius 2 is 1.80 bits per heavy atom. The third-order valence-electron chi connectivity index (χ3n) is 2.54. The Bertz CT molecular complexity index is 638. The number of anilines is 1. The average molecular weight is 381 g/mol. The van der Waals surface area contributed by atoms with Gasteiger partial charge >= 0.3 is 6.09 Å². The molecule has 2 rings (SSSR count). The van der Waals surface area contributed by atoms with Crippen molar-refractivity contribution in [3.63, 3.8) is 0 Å². The molecule has 0 spiro atoms. The van der Waals surface area contributed by atoms with Gasteiger partial charge in [0.2, 0.25) is 0 Å². The van der Waals surface area contributed by atoms with Gasteiger partial charge in [-0.1, -0.05) is 6.07 Å². The van der Waals surface area contributed by atoms with Crippen LogP contribution in [0.5, 0.6) is 5.75 Å². The maximum Gasteiger partial charge on any atom is 0.417 e. The zero-order valence-electron chi connectivity index (χ0n) is 10.7. The molecule has 0 radical (unpaired) electrons. The minimum Gasteiger partial charge on any atom is -0.410 e. The van der Waals surface area contributed by atoms with Gasteiger partial charge in [-0.15, -0.1) is 0 Å². The van der Waals surface area contributed by atoms with Crippen LogP contribution >= 0.6 is 22.6 Å². The summed E-state index contributed by atoms with van der Waals surface area (Å²) in [5, 5.41) is 2.64. The van der Waals surface area contributed by atoms with Crippen LogP contribution in [0.3, 0.4) is 0 Å². The van der Waals surface area contributed by atoms with Crippen LogP contribution < -0.4 is 10.1 Å². The number of ether oxygens (including phenoxy) is 1. The number of hydrogen-bond acceptors (Lipinski definition) is 3. The first kappa shape index (κ1) is 14.5. The molecule has 0 aliphatic rings. The van der Waals surface area contributed by atoms with Crippen molar-refractivity contribution < 1.29 is 14.3 Å². The number of carbonyl (C=O) groups is 2. The molecule has 5 heteroatoms. The summed E-state index contributed by atoms with van der Waals surface area (Å²) < 4.78 is 6.15. The Labute approximate surface area is 130 Å². The van der Waals surface area contributed by atoms with Gasteiger partial charge in [-0.25, -0.2) is 4.79 Å². The van der Waals surface area contributed by atoms with Crippen molar-refractivity contribution >= 4 is 40.2 Å².